The van der Waals surface area contributed by atoms with E-state index >= 15 is 0 Å². The predicted octanol–water partition coefficient (Wildman–Crippen LogP) is 1.79. The molecule has 3 rings (SSSR count). The fourth-order valence-electron chi connectivity index (χ4n) is 3.30. The third-order valence-electron chi connectivity index (χ3n) is 4.53. The van der Waals surface area contributed by atoms with Crippen molar-refractivity contribution in [2.45, 2.75) is 26.8 Å². The van der Waals surface area contributed by atoms with Crippen LogP contribution in [0.3, 0.4) is 0 Å². The molecular formula is C18H23N3O3. The number of rotatable bonds is 2. The molecule has 0 radical (unpaired) electrons. The van der Waals surface area contributed by atoms with Crippen molar-refractivity contribution in [3.05, 3.63) is 46.2 Å². The summed E-state index contributed by atoms with van der Waals surface area (Å²) >= 11 is 0. The van der Waals surface area contributed by atoms with Crippen molar-refractivity contribution in [1.29, 1.82) is 0 Å². The molecule has 2 N–H and O–H groups in total. The quantitative estimate of drug-likeness (QED) is 0.869. The van der Waals surface area contributed by atoms with E-state index in [2.05, 4.69) is 16.7 Å². The molecule has 6 nitrogen and oxygen atoms in total. The number of hydrogen-bond acceptors (Lipinski definition) is 3. The van der Waals surface area contributed by atoms with Crippen LogP contribution in [0.5, 0.6) is 0 Å². The van der Waals surface area contributed by atoms with Gasteiger partial charge in [0.25, 0.3) is 5.91 Å². The van der Waals surface area contributed by atoms with Gasteiger partial charge >= 0.3 is 6.03 Å². The van der Waals surface area contributed by atoms with Crippen LogP contribution < -0.4 is 10.6 Å². The number of nitrogens with zero attached hydrogens (tertiary/aromatic N) is 1. The molecule has 1 aromatic rings. The highest BCUT2D eigenvalue weighted by Gasteiger charge is 2.34. The second-order valence-electron chi connectivity index (χ2n) is 6.33. The Kier molecular flexibility index (Phi) is 4.57. The number of allylic oxidation sites excluding steroid dienone is 1. The Balaban J connectivity index is 2.00. The van der Waals surface area contributed by atoms with Gasteiger partial charge in [0, 0.05) is 18.8 Å². The molecule has 0 unspecified atom stereocenters. The molecular weight excluding hydrogens is 306 g/mol. The molecule has 2 aliphatic heterocycles. The third-order valence-corrected chi connectivity index (χ3v) is 4.53. The van der Waals surface area contributed by atoms with Crippen molar-refractivity contribution in [1.82, 2.24) is 15.5 Å². The highest BCUT2D eigenvalue weighted by molar-refractivity contribution is 5.98. The van der Waals surface area contributed by atoms with E-state index in [0.717, 1.165) is 16.7 Å². The topological polar surface area (TPSA) is 70.7 Å². The van der Waals surface area contributed by atoms with Crippen LogP contribution in [0.2, 0.25) is 0 Å². The maximum absolute atomic E-state index is 13.1. The number of ether oxygens (including phenoxy) is 1. The molecule has 2 aliphatic rings. The van der Waals surface area contributed by atoms with E-state index in [-0.39, 0.29) is 11.9 Å². The van der Waals surface area contributed by atoms with E-state index in [1.165, 1.54) is 0 Å². The molecule has 6 heteroatoms. The third kappa shape index (κ3) is 3.14. The molecule has 24 heavy (non-hydrogen) atoms. The Labute approximate surface area is 141 Å². The number of benzene rings is 1. The average Bonchev–Trinajstić information content (AvgIpc) is 2.54. The fraction of sp³-hybridized carbons (Fsp3) is 0.444. The normalized spacial score (nSPS) is 21.4. The maximum atomic E-state index is 13.1. The number of carbonyl (C=O) groups is 2. The number of hydrogen-bond donors (Lipinski definition) is 2. The lowest BCUT2D eigenvalue weighted by atomic mass is 9.90. The zero-order chi connectivity index (χ0) is 17.3. The number of nitrogens with one attached hydrogen (secondary N) is 2. The summed E-state index contributed by atoms with van der Waals surface area (Å²) in [6, 6.07) is 5.34. The first kappa shape index (κ1) is 16.5. The van der Waals surface area contributed by atoms with E-state index in [0.29, 0.717) is 37.6 Å². The van der Waals surface area contributed by atoms with Crippen molar-refractivity contribution >= 4 is 11.9 Å². The summed E-state index contributed by atoms with van der Waals surface area (Å²) in [5.74, 6) is -0.0479. The van der Waals surface area contributed by atoms with Crippen molar-refractivity contribution in [3.8, 4) is 0 Å². The summed E-state index contributed by atoms with van der Waals surface area (Å²) in [6.45, 7) is 8.05. The van der Waals surface area contributed by atoms with Crippen LogP contribution in [0.25, 0.3) is 0 Å². The van der Waals surface area contributed by atoms with Crippen LogP contribution in [-0.2, 0) is 9.53 Å². The molecule has 1 aromatic carbocycles. The van der Waals surface area contributed by atoms with Gasteiger partial charge in [0.2, 0.25) is 0 Å². The molecule has 0 spiro atoms. The van der Waals surface area contributed by atoms with Crippen LogP contribution in [0.15, 0.2) is 29.5 Å². The zero-order valence-electron chi connectivity index (χ0n) is 14.3. The summed E-state index contributed by atoms with van der Waals surface area (Å²) in [4.78, 5) is 26.8. The van der Waals surface area contributed by atoms with Gasteiger partial charge in [-0.3, -0.25) is 4.79 Å². The van der Waals surface area contributed by atoms with Gasteiger partial charge in [-0.25, -0.2) is 4.79 Å². The van der Waals surface area contributed by atoms with Gasteiger partial charge in [-0.15, -0.1) is 0 Å². The maximum Gasteiger partial charge on any atom is 0.319 e. The van der Waals surface area contributed by atoms with Crippen LogP contribution >= 0.6 is 0 Å². The largest absolute Gasteiger partial charge is 0.378 e. The Hall–Kier alpha value is -2.34. The average molecular weight is 329 g/mol. The number of urea groups is 1. The minimum atomic E-state index is -0.435. The Morgan fingerprint density at radius 3 is 2.58 bits per heavy atom. The highest BCUT2D eigenvalue weighted by Crippen LogP contribution is 2.30. The Bertz CT molecular complexity index is 705. The van der Waals surface area contributed by atoms with Gasteiger partial charge in [0.1, 0.15) is 0 Å². The molecule has 1 fully saturated rings. The molecule has 0 bridgehead atoms. The molecule has 128 valence electrons. The minimum Gasteiger partial charge on any atom is -0.378 e. The lowest BCUT2D eigenvalue weighted by Crippen LogP contribution is -2.49. The highest BCUT2D eigenvalue weighted by atomic mass is 16.5. The van der Waals surface area contributed by atoms with E-state index < -0.39 is 6.04 Å². The first-order valence-corrected chi connectivity index (χ1v) is 8.20. The Morgan fingerprint density at radius 1 is 1.21 bits per heavy atom. The van der Waals surface area contributed by atoms with Gasteiger partial charge in [-0.05, 0) is 31.9 Å². The van der Waals surface area contributed by atoms with Crippen LogP contribution in [0.4, 0.5) is 4.79 Å². The summed E-state index contributed by atoms with van der Waals surface area (Å²) in [5, 5.41) is 5.64. The lowest BCUT2D eigenvalue weighted by molar-refractivity contribution is -0.131. The fourth-order valence-corrected chi connectivity index (χ4v) is 3.30. The summed E-state index contributed by atoms with van der Waals surface area (Å²) in [5.41, 5.74) is 4.37. The molecule has 3 amide bonds. The minimum absolute atomic E-state index is 0.0479. The first-order chi connectivity index (χ1) is 11.5. The molecule has 0 aliphatic carbocycles. The second-order valence-corrected chi connectivity index (χ2v) is 6.33. The molecule has 0 aromatic heterocycles. The summed E-state index contributed by atoms with van der Waals surface area (Å²) in [6.07, 6.45) is 0. The van der Waals surface area contributed by atoms with E-state index in [4.69, 9.17) is 4.74 Å². The van der Waals surface area contributed by atoms with Gasteiger partial charge < -0.3 is 20.3 Å². The van der Waals surface area contributed by atoms with E-state index in [1.807, 2.05) is 26.0 Å². The van der Waals surface area contributed by atoms with Crippen LogP contribution in [0.1, 0.15) is 29.7 Å². The molecule has 1 atom stereocenters. The molecule has 2 heterocycles. The number of amides is 3. The van der Waals surface area contributed by atoms with E-state index in [1.54, 1.807) is 11.8 Å². The summed E-state index contributed by atoms with van der Waals surface area (Å²) < 4.78 is 5.33. The van der Waals surface area contributed by atoms with E-state index in [9.17, 15) is 9.59 Å². The monoisotopic (exact) mass is 329 g/mol. The standard InChI is InChI=1S/C18H23N3O3/c1-11-4-5-14(12(2)10-11)16-15(13(3)19-18(23)20-16)17(22)21-6-8-24-9-7-21/h4-5,10,16H,6-9H2,1-3H3,(H2,19,20,23)/t16-/m1/s1. The first-order valence-electron chi connectivity index (χ1n) is 8.20. The molecule has 0 saturated carbocycles. The summed E-state index contributed by atoms with van der Waals surface area (Å²) in [7, 11) is 0. The van der Waals surface area contributed by atoms with Crippen LogP contribution in [-0.4, -0.2) is 43.1 Å². The van der Waals surface area contributed by atoms with Crippen molar-refractivity contribution < 1.29 is 14.3 Å². The van der Waals surface area contributed by atoms with Gasteiger partial charge in [-0.2, -0.15) is 0 Å². The van der Waals surface area contributed by atoms with Crippen molar-refractivity contribution in [3.63, 3.8) is 0 Å². The van der Waals surface area contributed by atoms with Gasteiger partial charge in [0.15, 0.2) is 0 Å². The number of morpholine rings is 1. The number of carbonyl (C=O) groups excluding carboxylic acids is 2. The Morgan fingerprint density at radius 2 is 1.92 bits per heavy atom. The van der Waals surface area contributed by atoms with Gasteiger partial charge in [-0.1, -0.05) is 23.8 Å². The van der Waals surface area contributed by atoms with Crippen molar-refractivity contribution in [2.24, 2.45) is 0 Å². The second kappa shape index (κ2) is 6.65. The smallest absolute Gasteiger partial charge is 0.319 e. The van der Waals surface area contributed by atoms with Crippen molar-refractivity contribution in [2.75, 3.05) is 26.3 Å². The predicted molar refractivity (Wildman–Crippen MR) is 90.4 cm³/mol. The molecule has 1 saturated heterocycles. The van der Waals surface area contributed by atoms with Gasteiger partial charge in [0.05, 0.1) is 24.8 Å². The zero-order valence-corrected chi connectivity index (χ0v) is 14.3. The van der Waals surface area contributed by atoms with Crippen LogP contribution in [0, 0.1) is 13.8 Å². The lowest BCUT2D eigenvalue weighted by Gasteiger charge is -2.34. The SMILES string of the molecule is CC1=C(C(=O)N2CCOCC2)[C@@H](c2ccc(C)cc2C)NC(=O)N1. The number of aryl methyl sites for hydroxylation is 2.